The van der Waals surface area contributed by atoms with Gasteiger partial charge >= 0.3 is 0 Å². The van der Waals surface area contributed by atoms with Crippen molar-refractivity contribution in [1.29, 1.82) is 0 Å². The molecule has 0 fully saturated rings. The van der Waals surface area contributed by atoms with E-state index in [1.165, 1.54) is 0 Å². The maximum absolute atomic E-state index is 9.62. The van der Waals surface area contributed by atoms with Gasteiger partial charge in [-0.3, -0.25) is 0 Å². The number of hydrogen-bond donors (Lipinski definition) is 0. The zero-order valence-corrected chi connectivity index (χ0v) is 9.00. The summed E-state index contributed by atoms with van der Waals surface area (Å²) in [6.45, 7) is 7.65. The molecule has 2 heteroatoms. The highest BCUT2D eigenvalue weighted by molar-refractivity contribution is 5.49. The Labute approximate surface area is 76.5 Å². The molecule has 0 aliphatic rings. The third-order valence-electron chi connectivity index (χ3n) is 1.12. The fourth-order valence-corrected chi connectivity index (χ4v) is 0.192. The topological polar surface area (TPSA) is 17.1 Å². The highest BCUT2D eigenvalue weighted by Crippen LogP contribution is 1.92. The van der Waals surface area contributed by atoms with E-state index in [4.69, 9.17) is 0 Å². The summed E-state index contributed by atoms with van der Waals surface area (Å²) < 4.78 is 0.833. The van der Waals surface area contributed by atoms with E-state index in [-0.39, 0.29) is 0 Å². The van der Waals surface area contributed by atoms with Crippen molar-refractivity contribution in [2.45, 2.75) is 20.3 Å². The van der Waals surface area contributed by atoms with Gasteiger partial charge in [0.1, 0.15) is 6.29 Å². The second kappa shape index (κ2) is 7.04. The zero-order chi connectivity index (χ0) is 10.2. The van der Waals surface area contributed by atoms with E-state index in [1.54, 1.807) is 0 Å². The Morgan fingerprint density at radius 2 is 1.67 bits per heavy atom. The Morgan fingerprint density at radius 3 is 1.67 bits per heavy atom. The third-order valence-corrected chi connectivity index (χ3v) is 1.12. The van der Waals surface area contributed by atoms with E-state index in [1.807, 2.05) is 20.0 Å². The molecule has 72 valence electrons. The van der Waals surface area contributed by atoms with Crippen LogP contribution >= 0.6 is 0 Å². The largest absolute Gasteiger partial charge is 0.305 e. The van der Waals surface area contributed by atoms with Crippen molar-refractivity contribution >= 4 is 6.29 Å². The molecular weight excluding hydrogens is 150 g/mol. The van der Waals surface area contributed by atoms with Crippen LogP contribution in [-0.2, 0) is 4.79 Å². The van der Waals surface area contributed by atoms with Crippen molar-refractivity contribution in [2.75, 3.05) is 21.1 Å². The van der Waals surface area contributed by atoms with Crippen molar-refractivity contribution < 1.29 is 9.28 Å². The summed E-state index contributed by atoms with van der Waals surface area (Å²) in [5.41, 5.74) is 0. The molecule has 0 aromatic carbocycles. The number of quaternary nitrogens is 1. The average molecular weight is 172 g/mol. The number of rotatable bonds is 3. The lowest BCUT2D eigenvalue weighted by atomic mass is 10.2. The van der Waals surface area contributed by atoms with Crippen molar-refractivity contribution in [3.8, 4) is 0 Å². The molecule has 0 saturated carbocycles. The first kappa shape index (κ1) is 13.9. The Morgan fingerprint density at radius 1 is 1.33 bits per heavy atom. The van der Waals surface area contributed by atoms with Crippen LogP contribution in [0.5, 0.6) is 0 Å². The van der Waals surface area contributed by atoms with E-state index in [2.05, 4.69) is 27.7 Å². The van der Waals surface area contributed by atoms with Gasteiger partial charge in [-0.25, -0.2) is 0 Å². The van der Waals surface area contributed by atoms with Gasteiger partial charge in [0.2, 0.25) is 0 Å². The molecule has 0 heterocycles. The minimum atomic E-state index is 0.530. The molecule has 0 unspecified atom stereocenters. The first-order valence-corrected chi connectivity index (χ1v) is 4.21. The summed E-state index contributed by atoms with van der Waals surface area (Å²) in [6.07, 6.45) is 3.52. The average Bonchev–Trinajstić information content (AvgIpc) is 1.87. The van der Waals surface area contributed by atoms with Crippen LogP contribution in [0.25, 0.3) is 0 Å². The maximum atomic E-state index is 9.62. The van der Waals surface area contributed by atoms with E-state index >= 15 is 0 Å². The Bertz CT molecular complexity index is 122. The Hall–Kier alpha value is -0.630. The van der Waals surface area contributed by atoms with Gasteiger partial charge in [0.05, 0.1) is 27.3 Å². The molecule has 0 aliphatic carbocycles. The van der Waals surface area contributed by atoms with E-state index < -0.39 is 0 Å². The molecule has 12 heavy (non-hydrogen) atoms. The molecule has 0 radical (unpaired) electrons. The molecule has 0 rings (SSSR count). The third kappa shape index (κ3) is 22.8. The summed E-state index contributed by atoms with van der Waals surface area (Å²) in [7, 11) is 6.19. The van der Waals surface area contributed by atoms with Gasteiger partial charge in [-0.2, -0.15) is 0 Å². The number of carbonyl (C=O) groups is 1. The molecular formula is C10H22NO+. The van der Waals surface area contributed by atoms with Gasteiger partial charge < -0.3 is 9.28 Å². The molecule has 0 aliphatic heterocycles. The molecule has 0 bridgehead atoms. The first-order valence-electron chi connectivity index (χ1n) is 4.21. The molecule has 0 atom stereocenters. The predicted molar refractivity (Wildman–Crippen MR) is 53.7 cm³/mol. The number of aldehydes is 1. The standard InChI is InChI=1S/C5H12N.C5H10O/c1-5-6(2,3)4;1-5(2)3-4-6/h5H,1H2,2-4H3;4-5H,3H2,1-2H3/q+1;. The van der Waals surface area contributed by atoms with E-state index in [0.29, 0.717) is 12.3 Å². The van der Waals surface area contributed by atoms with Crippen LogP contribution in [0.3, 0.4) is 0 Å². The van der Waals surface area contributed by atoms with Crippen LogP contribution in [-0.4, -0.2) is 31.9 Å². The van der Waals surface area contributed by atoms with Gasteiger partial charge in [0.25, 0.3) is 0 Å². The molecule has 0 spiro atoms. The SMILES string of the molecule is C=C[N+](C)(C)C.CC(C)CC=O. The summed E-state index contributed by atoms with van der Waals surface area (Å²) in [4.78, 5) is 9.62. The summed E-state index contributed by atoms with van der Waals surface area (Å²) in [6, 6.07) is 0. The number of carbonyl (C=O) groups excluding carboxylic acids is 1. The maximum Gasteiger partial charge on any atom is 0.120 e. The second-order valence-electron chi connectivity index (χ2n) is 4.10. The van der Waals surface area contributed by atoms with Crippen LogP contribution < -0.4 is 0 Å². The van der Waals surface area contributed by atoms with Gasteiger partial charge in [0, 0.05) is 6.42 Å². The Balaban J connectivity index is 0. The summed E-state index contributed by atoms with van der Waals surface area (Å²) in [5, 5.41) is 0. The normalized spacial score (nSPS) is 10.2. The number of nitrogens with zero attached hydrogens (tertiary/aromatic N) is 1. The van der Waals surface area contributed by atoms with Crippen LogP contribution in [0.2, 0.25) is 0 Å². The lowest BCUT2D eigenvalue weighted by Gasteiger charge is -2.15. The molecule has 0 aromatic heterocycles. The van der Waals surface area contributed by atoms with Crippen molar-refractivity contribution in [3.05, 3.63) is 12.8 Å². The second-order valence-corrected chi connectivity index (χ2v) is 4.10. The van der Waals surface area contributed by atoms with Crippen LogP contribution in [0.15, 0.2) is 12.8 Å². The highest BCUT2D eigenvalue weighted by Gasteiger charge is 1.94. The summed E-state index contributed by atoms with van der Waals surface area (Å²) >= 11 is 0. The minimum absolute atomic E-state index is 0.530. The minimum Gasteiger partial charge on any atom is -0.305 e. The van der Waals surface area contributed by atoms with Crippen molar-refractivity contribution in [3.63, 3.8) is 0 Å². The lowest BCUT2D eigenvalue weighted by Crippen LogP contribution is -2.25. The van der Waals surface area contributed by atoms with Crippen molar-refractivity contribution in [2.24, 2.45) is 5.92 Å². The highest BCUT2D eigenvalue weighted by atomic mass is 16.1. The molecule has 0 aromatic rings. The first-order chi connectivity index (χ1) is 5.33. The van der Waals surface area contributed by atoms with Crippen LogP contribution in [0.4, 0.5) is 0 Å². The van der Waals surface area contributed by atoms with E-state index in [9.17, 15) is 4.79 Å². The van der Waals surface area contributed by atoms with Crippen LogP contribution in [0.1, 0.15) is 20.3 Å². The van der Waals surface area contributed by atoms with E-state index in [0.717, 1.165) is 10.8 Å². The summed E-state index contributed by atoms with van der Waals surface area (Å²) in [5.74, 6) is 0.530. The van der Waals surface area contributed by atoms with Gasteiger partial charge in [-0.1, -0.05) is 13.8 Å². The van der Waals surface area contributed by atoms with Gasteiger partial charge in [0.15, 0.2) is 0 Å². The molecule has 0 amide bonds. The van der Waals surface area contributed by atoms with Gasteiger partial charge in [-0.15, -0.1) is 0 Å². The van der Waals surface area contributed by atoms with Crippen LogP contribution in [0, 0.1) is 5.92 Å². The molecule has 0 saturated heterocycles. The molecule has 0 N–H and O–H groups in total. The lowest BCUT2D eigenvalue weighted by molar-refractivity contribution is -0.816. The quantitative estimate of drug-likeness (QED) is 0.470. The fourth-order valence-electron chi connectivity index (χ4n) is 0.192. The fraction of sp³-hybridized carbons (Fsp3) is 0.700. The molecule has 2 nitrogen and oxygen atoms in total. The number of hydrogen-bond acceptors (Lipinski definition) is 1. The Kier molecular flexibility index (Phi) is 8.17. The van der Waals surface area contributed by atoms with Crippen molar-refractivity contribution in [1.82, 2.24) is 0 Å². The van der Waals surface area contributed by atoms with Gasteiger partial charge in [-0.05, 0) is 12.5 Å². The monoisotopic (exact) mass is 172 g/mol. The predicted octanol–water partition coefficient (Wildman–Crippen LogP) is 2.07. The zero-order valence-electron chi connectivity index (χ0n) is 9.00. The smallest absolute Gasteiger partial charge is 0.120 e.